The van der Waals surface area contributed by atoms with Gasteiger partial charge in [-0.2, -0.15) is 0 Å². The normalized spacial score (nSPS) is 12.9. The number of hydrogen-bond acceptors (Lipinski definition) is 5. The van der Waals surface area contributed by atoms with Gasteiger partial charge in [0.05, 0.1) is 6.61 Å². The maximum absolute atomic E-state index is 11.4. The standard InChI is InChI=1S/C18H36O6Si2/c1-7-8-13-25(3,4)24-26(5,6)14-9-10-22-11-12-23-17(19)15-16(2)18(20)21/h15H,7-14H2,1-6H3,(H,20,21)/b16-15-. The van der Waals surface area contributed by atoms with Crippen LogP contribution in [0, 0.1) is 0 Å². The molecule has 0 aromatic carbocycles. The van der Waals surface area contributed by atoms with Gasteiger partial charge < -0.3 is 18.7 Å². The van der Waals surface area contributed by atoms with Crippen molar-refractivity contribution < 1.29 is 28.3 Å². The maximum Gasteiger partial charge on any atom is 0.331 e. The van der Waals surface area contributed by atoms with Crippen LogP contribution in [0.1, 0.15) is 33.1 Å². The van der Waals surface area contributed by atoms with E-state index in [9.17, 15) is 9.59 Å². The van der Waals surface area contributed by atoms with Crippen LogP contribution in [0.2, 0.25) is 38.3 Å². The Bertz CT molecular complexity index is 474. The van der Waals surface area contributed by atoms with Crippen LogP contribution in [0.15, 0.2) is 11.6 Å². The highest BCUT2D eigenvalue weighted by molar-refractivity contribution is 6.84. The molecule has 0 amide bonds. The summed E-state index contributed by atoms with van der Waals surface area (Å²) < 4.78 is 16.9. The first kappa shape index (κ1) is 25.0. The Kier molecular flexibility index (Phi) is 12.0. The number of hydrogen-bond donors (Lipinski definition) is 1. The minimum atomic E-state index is -1.67. The fourth-order valence-corrected chi connectivity index (χ4v) is 11.6. The monoisotopic (exact) mass is 404 g/mol. The second kappa shape index (κ2) is 12.4. The summed E-state index contributed by atoms with van der Waals surface area (Å²) >= 11 is 0. The van der Waals surface area contributed by atoms with Crippen molar-refractivity contribution in [2.24, 2.45) is 0 Å². The largest absolute Gasteiger partial charge is 0.478 e. The molecule has 0 saturated heterocycles. The molecule has 6 nitrogen and oxygen atoms in total. The molecule has 8 heteroatoms. The average Bonchev–Trinajstić information content (AvgIpc) is 2.50. The number of carbonyl (C=O) groups is 2. The summed E-state index contributed by atoms with van der Waals surface area (Å²) in [6.07, 6.45) is 4.36. The number of ether oxygens (including phenoxy) is 2. The van der Waals surface area contributed by atoms with Crippen LogP contribution >= 0.6 is 0 Å². The highest BCUT2D eigenvalue weighted by Gasteiger charge is 2.31. The molecule has 0 atom stereocenters. The molecule has 0 aromatic heterocycles. The van der Waals surface area contributed by atoms with Crippen molar-refractivity contribution >= 4 is 28.6 Å². The fourth-order valence-electron chi connectivity index (χ4n) is 2.64. The van der Waals surface area contributed by atoms with Crippen molar-refractivity contribution in [2.45, 2.75) is 71.4 Å². The van der Waals surface area contributed by atoms with E-state index in [2.05, 4.69) is 33.1 Å². The van der Waals surface area contributed by atoms with Crippen molar-refractivity contribution in [1.82, 2.24) is 0 Å². The van der Waals surface area contributed by atoms with E-state index in [4.69, 9.17) is 18.7 Å². The van der Waals surface area contributed by atoms with Gasteiger partial charge in [-0.3, -0.25) is 0 Å². The Hall–Kier alpha value is -0.966. The van der Waals surface area contributed by atoms with E-state index >= 15 is 0 Å². The Labute approximate surface area is 160 Å². The number of carbonyl (C=O) groups excluding carboxylic acids is 1. The Morgan fingerprint density at radius 1 is 0.962 bits per heavy atom. The summed E-state index contributed by atoms with van der Waals surface area (Å²) in [5.74, 6) is -1.79. The minimum absolute atomic E-state index is 0.0477. The third kappa shape index (κ3) is 13.3. The van der Waals surface area contributed by atoms with Gasteiger partial charge in [0.1, 0.15) is 6.61 Å². The van der Waals surface area contributed by atoms with Gasteiger partial charge in [-0.15, -0.1) is 0 Å². The Balaban J connectivity index is 3.90. The molecular weight excluding hydrogens is 368 g/mol. The highest BCUT2D eigenvalue weighted by Crippen LogP contribution is 2.24. The van der Waals surface area contributed by atoms with Crippen LogP contribution in [0.5, 0.6) is 0 Å². The number of aliphatic carboxylic acids is 1. The van der Waals surface area contributed by atoms with Crippen LogP contribution in [-0.4, -0.2) is 53.5 Å². The predicted molar refractivity (Wildman–Crippen MR) is 108 cm³/mol. The molecule has 0 rings (SSSR count). The number of carboxylic acid groups (broad SMARTS) is 1. The molecule has 0 radical (unpaired) electrons. The topological polar surface area (TPSA) is 82.1 Å². The number of unbranched alkanes of at least 4 members (excludes halogenated alkanes) is 1. The molecular formula is C18H36O6Si2. The van der Waals surface area contributed by atoms with Crippen LogP contribution in [-0.2, 0) is 23.2 Å². The lowest BCUT2D eigenvalue weighted by Crippen LogP contribution is -2.44. The third-order valence-electron chi connectivity index (χ3n) is 3.90. The number of carboxylic acids is 1. The van der Waals surface area contributed by atoms with Gasteiger partial charge in [-0.1, -0.05) is 19.8 Å². The van der Waals surface area contributed by atoms with Crippen LogP contribution in [0.25, 0.3) is 0 Å². The van der Waals surface area contributed by atoms with Gasteiger partial charge in [0, 0.05) is 18.3 Å². The van der Waals surface area contributed by atoms with Crippen molar-refractivity contribution in [3.63, 3.8) is 0 Å². The average molecular weight is 405 g/mol. The zero-order chi connectivity index (χ0) is 20.2. The van der Waals surface area contributed by atoms with Crippen molar-refractivity contribution in [2.75, 3.05) is 19.8 Å². The minimum Gasteiger partial charge on any atom is -0.478 e. The molecule has 0 fully saturated rings. The van der Waals surface area contributed by atoms with Gasteiger partial charge in [-0.05, 0) is 51.6 Å². The van der Waals surface area contributed by atoms with Crippen LogP contribution < -0.4 is 0 Å². The molecule has 0 aliphatic heterocycles. The third-order valence-corrected chi connectivity index (χ3v) is 11.4. The summed E-state index contributed by atoms with van der Waals surface area (Å²) in [4.78, 5) is 22.0. The molecule has 0 unspecified atom stereocenters. The molecule has 0 spiro atoms. The molecule has 0 aromatic rings. The summed E-state index contributed by atoms with van der Waals surface area (Å²) in [5, 5.41) is 8.67. The Morgan fingerprint density at radius 2 is 1.54 bits per heavy atom. The van der Waals surface area contributed by atoms with E-state index in [1.165, 1.54) is 25.8 Å². The first-order valence-electron chi connectivity index (χ1n) is 9.35. The SMILES string of the molecule is CCCC[Si](C)(C)O[Si](C)(C)CCCOCCOC(=O)/C=C(/C)C(=O)O. The van der Waals surface area contributed by atoms with E-state index in [1.807, 2.05) is 0 Å². The highest BCUT2D eigenvalue weighted by atomic mass is 28.4. The molecule has 0 heterocycles. The van der Waals surface area contributed by atoms with Crippen LogP contribution in [0.3, 0.4) is 0 Å². The lowest BCUT2D eigenvalue weighted by atomic mass is 10.3. The van der Waals surface area contributed by atoms with Crippen LogP contribution in [0.4, 0.5) is 0 Å². The molecule has 1 N–H and O–H groups in total. The molecule has 0 saturated carbocycles. The first-order valence-corrected chi connectivity index (χ1v) is 15.6. The molecule has 0 aliphatic carbocycles. The lowest BCUT2D eigenvalue weighted by molar-refractivity contribution is -0.140. The summed E-state index contributed by atoms with van der Waals surface area (Å²) in [7, 11) is -3.23. The van der Waals surface area contributed by atoms with E-state index in [0.29, 0.717) is 13.2 Å². The molecule has 0 aliphatic rings. The van der Waals surface area contributed by atoms with Gasteiger partial charge in [0.2, 0.25) is 0 Å². The van der Waals surface area contributed by atoms with Gasteiger partial charge in [0.15, 0.2) is 16.6 Å². The van der Waals surface area contributed by atoms with Gasteiger partial charge in [-0.25, -0.2) is 9.59 Å². The van der Waals surface area contributed by atoms with Crippen molar-refractivity contribution in [3.05, 3.63) is 11.6 Å². The van der Waals surface area contributed by atoms with Crippen molar-refractivity contribution in [1.29, 1.82) is 0 Å². The first-order chi connectivity index (χ1) is 12.0. The second-order valence-electron chi connectivity index (χ2n) is 7.74. The van der Waals surface area contributed by atoms with Gasteiger partial charge in [0.25, 0.3) is 0 Å². The number of esters is 1. The molecule has 152 valence electrons. The van der Waals surface area contributed by atoms with E-state index in [0.717, 1.165) is 18.5 Å². The molecule has 0 bridgehead atoms. The molecule has 26 heavy (non-hydrogen) atoms. The zero-order valence-corrected chi connectivity index (χ0v) is 19.2. The second-order valence-corrected chi connectivity index (χ2v) is 16.6. The maximum atomic E-state index is 11.4. The summed E-state index contributed by atoms with van der Waals surface area (Å²) in [6, 6.07) is 2.27. The Morgan fingerprint density at radius 3 is 2.08 bits per heavy atom. The van der Waals surface area contributed by atoms with Gasteiger partial charge >= 0.3 is 11.9 Å². The smallest absolute Gasteiger partial charge is 0.331 e. The van der Waals surface area contributed by atoms with E-state index in [-0.39, 0.29) is 12.2 Å². The lowest BCUT2D eigenvalue weighted by Gasteiger charge is -2.34. The van der Waals surface area contributed by atoms with E-state index < -0.39 is 28.6 Å². The quantitative estimate of drug-likeness (QED) is 0.202. The summed E-state index contributed by atoms with van der Waals surface area (Å²) in [5.41, 5.74) is -0.0477. The zero-order valence-electron chi connectivity index (χ0n) is 17.2. The van der Waals surface area contributed by atoms with E-state index in [1.54, 1.807) is 0 Å². The predicted octanol–water partition coefficient (Wildman–Crippen LogP) is 4.19. The number of rotatable bonds is 14. The van der Waals surface area contributed by atoms with Crippen molar-refractivity contribution in [3.8, 4) is 0 Å². The fraction of sp³-hybridized carbons (Fsp3) is 0.778. The summed E-state index contributed by atoms with van der Waals surface area (Å²) in [6.45, 7) is 13.8.